The Hall–Kier alpha value is -1.42. The molecule has 1 heterocycles. The lowest BCUT2D eigenvalue weighted by Gasteiger charge is -1.97. The number of benzene rings is 1. The third kappa shape index (κ3) is 2.22. The van der Waals surface area contributed by atoms with Gasteiger partial charge in [0, 0.05) is 12.1 Å². The molecule has 0 radical (unpaired) electrons. The summed E-state index contributed by atoms with van der Waals surface area (Å²) in [6.45, 7) is 1.05. The predicted molar refractivity (Wildman–Crippen MR) is 66.6 cm³/mol. The van der Waals surface area contributed by atoms with E-state index >= 15 is 0 Å². The van der Waals surface area contributed by atoms with Gasteiger partial charge in [-0.2, -0.15) is 0 Å². The number of rotatable bonds is 4. The molecule has 1 aliphatic carbocycles. The first-order chi connectivity index (χ1) is 7.92. The molecule has 16 heavy (non-hydrogen) atoms. The summed E-state index contributed by atoms with van der Waals surface area (Å²) < 4.78 is 0. The Morgan fingerprint density at radius 2 is 2.00 bits per heavy atom. The van der Waals surface area contributed by atoms with Crippen LogP contribution in [0, 0.1) is 5.92 Å². The van der Waals surface area contributed by atoms with Gasteiger partial charge in [0.05, 0.1) is 0 Å². The zero-order valence-corrected chi connectivity index (χ0v) is 9.70. The Morgan fingerprint density at radius 3 is 2.75 bits per heavy atom. The molecule has 3 rings (SSSR count). The maximum Gasteiger partial charge on any atom is 0.206 e. The maximum absolute atomic E-state index is 4.19. The standard InChI is InChI=1S/C12H13N3S/c1-2-4-10(5-3-1)11-14-15-12(16-11)13-8-9-6-7-9/h1-5,9H,6-8H2,(H,13,15). The minimum Gasteiger partial charge on any atom is -0.360 e. The summed E-state index contributed by atoms with van der Waals surface area (Å²) in [4.78, 5) is 0. The normalized spacial score (nSPS) is 15.0. The van der Waals surface area contributed by atoms with Gasteiger partial charge >= 0.3 is 0 Å². The predicted octanol–water partition coefficient (Wildman–Crippen LogP) is 3.03. The molecule has 0 unspecified atom stereocenters. The van der Waals surface area contributed by atoms with E-state index < -0.39 is 0 Å². The molecule has 1 aromatic heterocycles. The molecule has 0 aliphatic heterocycles. The molecule has 1 N–H and O–H groups in total. The molecule has 0 spiro atoms. The van der Waals surface area contributed by atoms with Gasteiger partial charge in [-0.1, -0.05) is 41.7 Å². The van der Waals surface area contributed by atoms with E-state index in [9.17, 15) is 0 Å². The fraction of sp³-hybridized carbons (Fsp3) is 0.333. The zero-order chi connectivity index (χ0) is 10.8. The average Bonchev–Trinajstić information content (AvgIpc) is 3.05. The first-order valence-corrected chi connectivity index (χ1v) is 6.36. The molecule has 1 aliphatic rings. The molecular formula is C12H13N3S. The molecule has 1 aromatic carbocycles. The molecule has 82 valence electrons. The lowest BCUT2D eigenvalue weighted by molar-refractivity contribution is 0.882. The lowest BCUT2D eigenvalue weighted by Crippen LogP contribution is -2.02. The van der Waals surface area contributed by atoms with Crippen molar-refractivity contribution in [2.45, 2.75) is 12.8 Å². The molecule has 1 saturated carbocycles. The second-order valence-electron chi connectivity index (χ2n) is 4.10. The molecule has 0 bridgehead atoms. The first-order valence-electron chi connectivity index (χ1n) is 5.54. The lowest BCUT2D eigenvalue weighted by atomic mass is 10.2. The molecular weight excluding hydrogens is 218 g/mol. The topological polar surface area (TPSA) is 37.8 Å². The van der Waals surface area contributed by atoms with Crippen LogP contribution < -0.4 is 5.32 Å². The van der Waals surface area contributed by atoms with Crippen molar-refractivity contribution in [3.63, 3.8) is 0 Å². The third-order valence-electron chi connectivity index (χ3n) is 2.68. The molecule has 0 amide bonds. The minimum absolute atomic E-state index is 0.865. The summed E-state index contributed by atoms with van der Waals surface area (Å²) >= 11 is 1.62. The van der Waals surface area contributed by atoms with Crippen molar-refractivity contribution in [3.05, 3.63) is 30.3 Å². The van der Waals surface area contributed by atoms with E-state index in [2.05, 4.69) is 27.6 Å². The Balaban J connectivity index is 1.71. The van der Waals surface area contributed by atoms with Gasteiger partial charge in [-0.05, 0) is 18.8 Å². The number of nitrogens with zero attached hydrogens (tertiary/aromatic N) is 2. The van der Waals surface area contributed by atoms with Crippen molar-refractivity contribution >= 4 is 16.5 Å². The van der Waals surface area contributed by atoms with E-state index in [1.54, 1.807) is 11.3 Å². The smallest absolute Gasteiger partial charge is 0.206 e. The van der Waals surface area contributed by atoms with E-state index in [4.69, 9.17) is 0 Å². The monoisotopic (exact) mass is 231 g/mol. The fourth-order valence-corrected chi connectivity index (χ4v) is 2.30. The van der Waals surface area contributed by atoms with Crippen LogP contribution in [-0.4, -0.2) is 16.7 Å². The van der Waals surface area contributed by atoms with Crippen LogP contribution >= 0.6 is 11.3 Å². The van der Waals surface area contributed by atoms with Crippen molar-refractivity contribution in [2.24, 2.45) is 5.92 Å². The molecule has 0 atom stereocenters. The SMILES string of the molecule is c1ccc(-c2nnc(NCC3CC3)s2)cc1. The van der Waals surface area contributed by atoms with Crippen LogP contribution in [0.1, 0.15) is 12.8 Å². The largest absolute Gasteiger partial charge is 0.360 e. The second-order valence-corrected chi connectivity index (χ2v) is 5.08. The second kappa shape index (κ2) is 4.22. The van der Waals surface area contributed by atoms with E-state index in [-0.39, 0.29) is 0 Å². The molecule has 1 fully saturated rings. The van der Waals surface area contributed by atoms with Crippen molar-refractivity contribution in [3.8, 4) is 10.6 Å². The maximum atomic E-state index is 4.19. The highest BCUT2D eigenvalue weighted by Crippen LogP contribution is 2.30. The Morgan fingerprint density at radius 1 is 1.19 bits per heavy atom. The number of nitrogens with one attached hydrogen (secondary N) is 1. The van der Waals surface area contributed by atoms with Crippen molar-refractivity contribution in [1.82, 2.24) is 10.2 Å². The van der Waals surface area contributed by atoms with Crippen LogP contribution in [0.15, 0.2) is 30.3 Å². The summed E-state index contributed by atoms with van der Waals surface area (Å²) in [5.41, 5.74) is 1.14. The van der Waals surface area contributed by atoms with Crippen LogP contribution in [0.5, 0.6) is 0 Å². The number of anilines is 1. The van der Waals surface area contributed by atoms with Crippen molar-refractivity contribution < 1.29 is 0 Å². The summed E-state index contributed by atoms with van der Waals surface area (Å²) in [6.07, 6.45) is 2.72. The highest BCUT2D eigenvalue weighted by Gasteiger charge is 2.21. The van der Waals surface area contributed by atoms with E-state index in [0.29, 0.717) is 0 Å². The number of aromatic nitrogens is 2. The fourth-order valence-electron chi connectivity index (χ4n) is 1.55. The van der Waals surface area contributed by atoms with Gasteiger partial charge in [-0.25, -0.2) is 0 Å². The summed E-state index contributed by atoms with van der Waals surface area (Å²) in [5.74, 6) is 0.865. The Labute approximate surface area is 98.5 Å². The number of hydrogen-bond donors (Lipinski definition) is 1. The molecule has 0 saturated heterocycles. The van der Waals surface area contributed by atoms with Crippen LogP contribution in [0.25, 0.3) is 10.6 Å². The summed E-state index contributed by atoms with van der Waals surface area (Å²) in [5, 5.41) is 13.6. The van der Waals surface area contributed by atoms with Gasteiger partial charge < -0.3 is 5.32 Å². The van der Waals surface area contributed by atoms with E-state index in [1.165, 1.54) is 12.8 Å². The first kappa shape index (κ1) is 9.78. The third-order valence-corrected chi connectivity index (χ3v) is 3.61. The zero-order valence-electron chi connectivity index (χ0n) is 8.89. The summed E-state index contributed by atoms with van der Waals surface area (Å²) in [6, 6.07) is 10.2. The summed E-state index contributed by atoms with van der Waals surface area (Å²) in [7, 11) is 0. The highest BCUT2D eigenvalue weighted by molar-refractivity contribution is 7.18. The van der Waals surface area contributed by atoms with Crippen LogP contribution in [0.2, 0.25) is 0 Å². The van der Waals surface area contributed by atoms with Crippen LogP contribution in [-0.2, 0) is 0 Å². The van der Waals surface area contributed by atoms with Gasteiger partial charge in [0.1, 0.15) is 5.01 Å². The van der Waals surface area contributed by atoms with E-state index in [0.717, 1.165) is 28.2 Å². The minimum atomic E-state index is 0.865. The van der Waals surface area contributed by atoms with Gasteiger partial charge in [-0.3, -0.25) is 0 Å². The van der Waals surface area contributed by atoms with E-state index in [1.807, 2.05) is 18.2 Å². The molecule has 2 aromatic rings. The van der Waals surface area contributed by atoms with Gasteiger partial charge in [0.25, 0.3) is 0 Å². The van der Waals surface area contributed by atoms with Crippen molar-refractivity contribution in [1.29, 1.82) is 0 Å². The highest BCUT2D eigenvalue weighted by atomic mass is 32.1. The van der Waals surface area contributed by atoms with Crippen LogP contribution in [0.3, 0.4) is 0 Å². The number of hydrogen-bond acceptors (Lipinski definition) is 4. The molecule has 4 heteroatoms. The quantitative estimate of drug-likeness (QED) is 0.879. The van der Waals surface area contributed by atoms with Gasteiger partial charge in [0.2, 0.25) is 5.13 Å². The average molecular weight is 231 g/mol. The van der Waals surface area contributed by atoms with Crippen molar-refractivity contribution in [2.75, 3.05) is 11.9 Å². The Kier molecular flexibility index (Phi) is 2.58. The van der Waals surface area contributed by atoms with Gasteiger partial charge in [-0.15, -0.1) is 10.2 Å². The van der Waals surface area contributed by atoms with Crippen LogP contribution in [0.4, 0.5) is 5.13 Å². The Bertz CT molecular complexity index is 462. The van der Waals surface area contributed by atoms with Gasteiger partial charge in [0.15, 0.2) is 0 Å². The molecule has 3 nitrogen and oxygen atoms in total.